The highest BCUT2D eigenvalue weighted by molar-refractivity contribution is 7.99. The van der Waals surface area contributed by atoms with Crippen molar-refractivity contribution in [2.45, 2.75) is 25.2 Å². The first-order chi connectivity index (χ1) is 8.41. The summed E-state index contributed by atoms with van der Waals surface area (Å²) in [6, 6.07) is 3.84. The number of benzene rings is 1. The molecule has 5 nitrogen and oxygen atoms in total. The molecule has 6 heteroatoms. The van der Waals surface area contributed by atoms with E-state index >= 15 is 0 Å². The molecule has 0 saturated heterocycles. The molecule has 0 amide bonds. The first kappa shape index (κ1) is 14.5. The van der Waals surface area contributed by atoms with E-state index in [2.05, 4.69) is 13.8 Å². The van der Waals surface area contributed by atoms with Gasteiger partial charge >= 0.3 is 5.97 Å². The van der Waals surface area contributed by atoms with Gasteiger partial charge in [-0.3, -0.25) is 10.1 Å². The molecule has 0 fully saturated rings. The Labute approximate surface area is 109 Å². The molecule has 98 valence electrons. The maximum absolute atomic E-state index is 11.0. The number of nitro groups is 1. The summed E-state index contributed by atoms with van der Waals surface area (Å²) >= 11 is 1.35. The van der Waals surface area contributed by atoms with Gasteiger partial charge in [-0.1, -0.05) is 13.8 Å². The van der Waals surface area contributed by atoms with Crippen molar-refractivity contribution in [3.63, 3.8) is 0 Å². The molecule has 0 aromatic heterocycles. The van der Waals surface area contributed by atoms with Crippen molar-refractivity contribution in [2.24, 2.45) is 5.92 Å². The van der Waals surface area contributed by atoms with Gasteiger partial charge in [-0.25, -0.2) is 4.79 Å². The number of nitro benzene ring substituents is 1. The summed E-state index contributed by atoms with van der Waals surface area (Å²) in [6.45, 7) is 4.15. The molecule has 0 aliphatic heterocycles. The number of carboxylic acids is 1. The van der Waals surface area contributed by atoms with E-state index in [1.54, 1.807) is 0 Å². The van der Waals surface area contributed by atoms with Gasteiger partial charge in [0.15, 0.2) is 0 Å². The van der Waals surface area contributed by atoms with Crippen LogP contribution in [0.3, 0.4) is 0 Å². The standard InChI is InChI=1S/C12H15NO4S/c1-8(2)5-6-18-11-7-9(13(16)17)3-4-10(11)12(14)15/h3-4,7-8H,5-6H2,1-2H3,(H,14,15). The lowest BCUT2D eigenvalue weighted by Gasteiger charge is -2.07. The lowest BCUT2D eigenvalue weighted by molar-refractivity contribution is -0.385. The Morgan fingerprint density at radius 1 is 1.50 bits per heavy atom. The summed E-state index contributed by atoms with van der Waals surface area (Å²) in [5, 5.41) is 19.7. The molecule has 0 aliphatic rings. The number of thioether (sulfide) groups is 1. The summed E-state index contributed by atoms with van der Waals surface area (Å²) in [4.78, 5) is 21.6. The van der Waals surface area contributed by atoms with Crippen LogP contribution >= 0.6 is 11.8 Å². The van der Waals surface area contributed by atoms with Gasteiger partial charge in [-0.05, 0) is 24.2 Å². The predicted octanol–water partition coefficient (Wildman–Crippen LogP) is 3.43. The summed E-state index contributed by atoms with van der Waals surface area (Å²) < 4.78 is 0. The van der Waals surface area contributed by atoms with Crippen molar-refractivity contribution >= 4 is 23.4 Å². The Morgan fingerprint density at radius 3 is 2.67 bits per heavy atom. The van der Waals surface area contributed by atoms with Gasteiger partial charge in [0.1, 0.15) is 0 Å². The highest BCUT2D eigenvalue weighted by Gasteiger charge is 2.15. The third-order valence-electron chi connectivity index (χ3n) is 2.36. The monoisotopic (exact) mass is 269 g/mol. The van der Waals surface area contributed by atoms with Gasteiger partial charge in [-0.15, -0.1) is 11.8 Å². The van der Waals surface area contributed by atoms with Crippen molar-refractivity contribution in [3.8, 4) is 0 Å². The Kier molecular flexibility index (Phi) is 5.15. The van der Waals surface area contributed by atoms with E-state index in [1.165, 1.54) is 30.0 Å². The lowest BCUT2D eigenvalue weighted by atomic mass is 10.2. The molecule has 1 N–H and O–H groups in total. The van der Waals surface area contributed by atoms with Crippen LogP contribution in [0.1, 0.15) is 30.6 Å². The minimum Gasteiger partial charge on any atom is -0.478 e. The topological polar surface area (TPSA) is 80.4 Å². The predicted molar refractivity (Wildman–Crippen MR) is 70.2 cm³/mol. The molecule has 1 aromatic carbocycles. The Hall–Kier alpha value is -1.56. The van der Waals surface area contributed by atoms with Gasteiger partial charge < -0.3 is 5.11 Å². The first-order valence-corrected chi connectivity index (χ1v) is 6.55. The minimum atomic E-state index is -1.06. The van der Waals surface area contributed by atoms with E-state index in [0.717, 1.165) is 12.2 Å². The molecule has 0 radical (unpaired) electrons. The van der Waals surface area contributed by atoms with Crippen molar-refractivity contribution < 1.29 is 14.8 Å². The lowest BCUT2D eigenvalue weighted by Crippen LogP contribution is -2.01. The van der Waals surface area contributed by atoms with Crippen LogP contribution in [0.5, 0.6) is 0 Å². The van der Waals surface area contributed by atoms with E-state index in [1.807, 2.05) is 0 Å². The summed E-state index contributed by atoms with van der Waals surface area (Å²) in [6.07, 6.45) is 0.937. The fourth-order valence-corrected chi connectivity index (χ4v) is 2.65. The molecule has 0 aliphatic carbocycles. The van der Waals surface area contributed by atoms with Crippen molar-refractivity contribution in [1.82, 2.24) is 0 Å². The molecule has 1 aromatic rings. The summed E-state index contributed by atoms with van der Waals surface area (Å²) in [5.74, 6) is 0.209. The highest BCUT2D eigenvalue weighted by atomic mass is 32.2. The third kappa shape index (κ3) is 4.03. The fraction of sp³-hybridized carbons (Fsp3) is 0.417. The number of carbonyl (C=O) groups is 1. The third-order valence-corrected chi connectivity index (χ3v) is 3.45. The molecule has 0 bridgehead atoms. The number of hydrogen-bond donors (Lipinski definition) is 1. The zero-order valence-corrected chi connectivity index (χ0v) is 11.1. The molecular weight excluding hydrogens is 254 g/mol. The average Bonchev–Trinajstić information content (AvgIpc) is 2.27. The SMILES string of the molecule is CC(C)CCSc1cc([N+](=O)[O-])ccc1C(=O)O. The largest absolute Gasteiger partial charge is 0.478 e. The molecule has 0 spiro atoms. The normalized spacial score (nSPS) is 10.6. The zero-order valence-electron chi connectivity index (χ0n) is 10.3. The van der Waals surface area contributed by atoms with Crippen LogP contribution in [0.4, 0.5) is 5.69 Å². The Morgan fingerprint density at radius 2 is 2.17 bits per heavy atom. The molecule has 0 saturated carbocycles. The second kappa shape index (κ2) is 6.39. The van der Waals surface area contributed by atoms with E-state index in [9.17, 15) is 14.9 Å². The maximum Gasteiger partial charge on any atom is 0.336 e. The van der Waals surface area contributed by atoms with Crippen LogP contribution in [0.15, 0.2) is 23.1 Å². The van der Waals surface area contributed by atoms with Crippen LogP contribution < -0.4 is 0 Å². The van der Waals surface area contributed by atoms with Crippen molar-refractivity contribution in [1.29, 1.82) is 0 Å². The van der Waals surface area contributed by atoms with Crippen LogP contribution in [0.25, 0.3) is 0 Å². The smallest absolute Gasteiger partial charge is 0.336 e. The van der Waals surface area contributed by atoms with Crippen LogP contribution in [0.2, 0.25) is 0 Å². The van der Waals surface area contributed by atoms with E-state index in [4.69, 9.17) is 5.11 Å². The number of hydrogen-bond acceptors (Lipinski definition) is 4. The van der Waals surface area contributed by atoms with Gasteiger partial charge in [-0.2, -0.15) is 0 Å². The van der Waals surface area contributed by atoms with Crippen LogP contribution in [0, 0.1) is 16.0 Å². The minimum absolute atomic E-state index is 0.0768. The van der Waals surface area contributed by atoms with Crippen molar-refractivity contribution in [3.05, 3.63) is 33.9 Å². The second-order valence-electron chi connectivity index (χ2n) is 4.27. The van der Waals surface area contributed by atoms with E-state index < -0.39 is 10.9 Å². The Balaban J connectivity index is 2.93. The molecule has 0 heterocycles. The fourth-order valence-electron chi connectivity index (χ4n) is 1.33. The highest BCUT2D eigenvalue weighted by Crippen LogP contribution is 2.28. The maximum atomic E-state index is 11.0. The van der Waals surface area contributed by atoms with Crippen molar-refractivity contribution in [2.75, 3.05) is 5.75 Å². The van der Waals surface area contributed by atoms with Gasteiger partial charge in [0.05, 0.1) is 10.5 Å². The summed E-state index contributed by atoms with van der Waals surface area (Å²) in [7, 11) is 0. The van der Waals surface area contributed by atoms with Gasteiger partial charge in [0.25, 0.3) is 5.69 Å². The zero-order chi connectivity index (χ0) is 13.7. The van der Waals surface area contributed by atoms with Gasteiger partial charge in [0.2, 0.25) is 0 Å². The van der Waals surface area contributed by atoms with E-state index in [0.29, 0.717) is 10.8 Å². The molecular formula is C12H15NO4S. The van der Waals surface area contributed by atoms with Crippen LogP contribution in [-0.4, -0.2) is 21.8 Å². The number of aromatic carboxylic acids is 1. The first-order valence-electron chi connectivity index (χ1n) is 5.56. The number of non-ortho nitro benzene ring substituents is 1. The molecule has 0 unspecified atom stereocenters. The molecule has 1 rings (SSSR count). The Bertz CT molecular complexity index is 459. The quantitative estimate of drug-likeness (QED) is 0.486. The molecule has 0 atom stereocenters. The van der Waals surface area contributed by atoms with E-state index in [-0.39, 0.29) is 11.3 Å². The van der Waals surface area contributed by atoms with Gasteiger partial charge in [0, 0.05) is 17.0 Å². The second-order valence-corrected chi connectivity index (χ2v) is 5.41. The van der Waals surface area contributed by atoms with Crippen LogP contribution in [-0.2, 0) is 0 Å². The average molecular weight is 269 g/mol. The summed E-state index contributed by atoms with van der Waals surface area (Å²) in [5.41, 5.74) is 0.0430. The number of rotatable bonds is 6. The number of carboxylic acid groups (broad SMARTS) is 1. The number of nitrogens with zero attached hydrogens (tertiary/aromatic N) is 1. The molecule has 18 heavy (non-hydrogen) atoms.